The number of hydrogen-bond donors (Lipinski definition) is 1. The van der Waals surface area contributed by atoms with Gasteiger partial charge in [-0.15, -0.1) is 0 Å². The zero-order chi connectivity index (χ0) is 13.8. The normalized spacial score (nSPS) is 13.3. The second-order valence-corrected chi connectivity index (χ2v) is 3.94. The van der Waals surface area contributed by atoms with Crippen LogP contribution in [0.5, 0.6) is 5.88 Å². The van der Waals surface area contributed by atoms with E-state index >= 15 is 0 Å². The number of ether oxygens (including phenoxy) is 1. The van der Waals surface area contributed by atoms with Crippen LogP contribution in [-0.4, -0.2) is 28.1 Å². The van der Waals surface area contributed by atoms with Crippen molar-refractivity contribution in [2.24, 2.45) is 10.7 Å². The first kappa shape index (κ1) is 13.0. The van der Waals surface area contributed by atoms with Gasteiger partial charge in [0.15, 0.2) is 5.82 Å². The van der Waals surface area contributed by atoms with E-state index in [1.165, 1.54) is 0 Å². The average molecular weight is 261 g/mol. The minimum absolute atomic E-state index is 0.294. The van der Waals surface area contributed by atoms with Crippen LogP contribution >= 0.6 is 0 Å². The molecule has 100 valence electrons. The molecule has 0 bridgehead atoms. The number of nitrogens with two attached hydrogens (primary N) is 1. The highest BCUT2D eigenvalue weighted by atomic mass is 16.5. The molecule has 0 unspecified atom stereocenters. The van der Waals surface area contributed by atoms with Crippen molar-refractivity contribution >= 4 is 5.84 Å². The van der Waals surface area contributed by atoms with Gasteiger partial charge in [0.1, 0.15) is 17.6 Å². The number of rotatable bonds is 4. The van der Waals surface area contributed by atoms with Crippen LogP contribution in [0.3, 0.4) is 0 Å². The van der Waals surface area contributed by atoms with Crippen LogP contribution < -0.4 is 10.5 Å². The van der Waals surface area contributed by atoms with Gasteiger partial charge in [0.2, 0.25) is 5.88 Å². The lowest BCUT2D eigenvalue weighted by Crippen LogP contribution is -2.16. The van der Waals surface area contributed by atoms with Crippen molar-refractivity contribution in [1.82, 2.24) is 15.1 Å². The minimum atomic E-state index is -0.325. The van der Waals surface area contributed by atoms with Gasteiger partial charge in [-0.2, -0.15) is 4.98 Å². The standard InChI is InChI=1S/C12H15N5O2/c1-7(12-15-8(2)17-19-12)14-11(13)9-5-4-6-10(16-9)18-3/h4-7H,1-3H3,(H2,13,14)/t7-/m0/s1. The Labute approximate surface area is 110 Å². The zero-order valence-corrected chi connectivity index (χ0v) is 11.0. The third kappa shape index (κ3) is 3.06. The fraction of sp³-hybridized carbons (Fsp3) is 0.333. The van der Waals surface area contributed by atoms with Crippen molar-refractivity contribution in [3.05, 3.63) is 35.6 Å². The number of nitrogens with zero attached hydrogens (tertiary/aromatic N) is 4. The number of aromatic nitrogens is 3. The van der Waals surface area contributed by atoms with Crippen LogP contribution in [-0.2, 0) is 0 Å². The molecule has 2 aromatic heterocycles. The Bertz CT molecular complexity index is 593. The molecule has 0 amide bonds. The largest absolute Gasteiger partial charge is 0.481 e. The summed E-state index contributed by atoms with van der Waals surface area (Å²) >= 11 is 0. The summed E-state index contributed by atoms with van der Waals surface area (Å²) in [5.74, 6) is 1.76. The summed E-state index contributed by atoms with van der Waals surface area (Å²) in [6.45, 7) is 3.57. The molecule has 0 radical (unpaired) electrons. The molecule has 2 N–H and O–H groups in total. The topological polar surface area (TPSA) is 99.4 Å². The molecule has 1 atom stereocenters. The molecule has 7 heteroatoms. The fourth-order valence-electron chi connectivity index (χ4n) is 1.48. The summed E-state index contributed by atoms with van der Waals surface area (Å²) in [7, 11) is 1.54. The molecule has 0 aliphatic rings. The van der Waals surface area contributed by atoms with E-state index in [9.17, 15) is 0 Å². The first-order chi connectivity index (χ1) is 9.10. The number of aliphatic imine (C=N–C) groups is 1. The highest BCUT2D eigenvalue weighted by Gasteiger charge is 2.13. The van der Waals surface area contributed by atoms with E-state index in [1.807, 2.05) is 6.92 Å². The Balaban J connectivity index is 2.22. The van der Waals surface area contributed by atoms with Gasteiger partial charge in [-0.3, -0.25) is 4.99 Å². The first-order valence-electron chi connectivity index (χ1n) is 5.75. The van der Waals surface area contributed by atoms with Gasteiger partial charge in [-0.25, -0.2) is 4.98 Å². The quantitative estimate of drug-likeness (QED) is 0.656. The van der Waals surface area contributed by atoms with E-state index in [2.05, 4.69) is 20.1 Å². The summed E-state index contributed by atoms with van der Waals surface area (Å²) in [5, 5.41) is 3.71. The molecular formula is C12H15N5O2. The summed E-state index contributed by atoms with van der Waals surface area (Å²) in [6.07, 6.45) is 0. The lowest BCUT2D eigenvalue weighted by Gasteiger charge is -2.05. The lowest BCUT2D eigenvalue weighted by molar-refractivity contribution is 0.359. The molecule has 0 aliphatic carbocycles. The van der Waals surface area contributed by atoms with Crippen LogP contribution in [0.2, 0.25) is 0 Å². The van der Waals surface area contributed by atoms with Crippen LogP contribution in [0, 0.1) is 6.92 Å². The highest BCUT2D eigenvalue weighted by molar-refractivity contribution is 5.95. The van der Waals surface area contributed by atoms with Gasteiger partial charge in [-0.05, 0) is 19.9 Å². The van der Waals surface area contributed by atoms with Gasteiger partial charge in [0.25, 0.3) is 5.89 Å². The highest BCUT2D eigenvalue weighted by Crippen LogP contribution is 2.15. The second-order valence-electron chi connectivity index (χ2n) is 3.94. The van der Waals surface area contributed by atoms with Crippen LogP contribution in [0.25, 0.3) is 0 Å². The van der Waals surface area contributed by atoms with Gasteiger partial charge in [-0.1, -0.05) is 11.2 Å². The molecule has 0 saturated heterocycles. The minimum Gasteiger partial charge on any atom is -0.481 e. The van der Waals surface area contributed by atoms with E-state index in [0.717, 1.165) is 0 Å². The van der Waals surface area contributed by atoms with Crippen LogP contribution in [0.4, 0.5) is 0 Å². The van der Waals surface area contributed by atoms with Crippen LogP contribution in [0.1, 0.15) is 30.4 Å². The number of aryl methyl sites for hydroxylation is 1. The summed E-state index contributed by atoms with van der Waals surface area (Å²) < 4.78 is 10.1. The van der Waals surface area contributed by atoms with Gasteiger partial charge < -0.3 is 15.0 Å². The van der Waals surface area contributed by atoms with Crippen molar-refractivity contribution in [3.8, 4) is 5.88 Å². The van der Waals surface area contributed by atoms with Crippen molar-refractivity contribution in [2.75, 3.05) is 7.11 Å². The van der Waals surface area contributed by atoms with Crippen molar-refractivity contribution in [1.29, 1.82) is 0 Å². The molecule has 0 aromatic carbocycles. The summed E-state index contributed by atoms with van der Waals surface area (Å²) in [5.41, 5.74) is 6.45. The number of pyridine rings is 1. The third-order valence-electron chi connectivity index (χ3n) is 2.43. The molecule has 2 aromatic rings. The first-order valence-corrected chi connectivity index (χ1v) is 5.75. The SMILES string of the molecule is COc1cccc(C(N)=N[C@@H](C)c2nc(C)no2)n1. The molecule has 0 aliphatic heterocycles. The summed E-state index contributed by atoms with van der Waals surface area (Å²) in [6, 6.07) is 4.97. The predicted molar refractivity (Wildman–Crippen MR) is 69.0 cm³/mol. The maximum Gasteiger partial charge on any atom is 0.251 e. The Morgan fingerprint density at radius 3 is 2.84 bits per heavy atom. The second kappa shape index (κ2) is 5.47. The average Bonchev–Trinajstić information content (AvgIpc) is 2.85. The predicted octanol–water partition coefficient (Wildman–Crippen LogP) is 1.25. The zero-order valence-electron chi connectivity index (χ0n) is 11.0. The fourth-order valence-corrected chi connectivity index (χ4v) is 1.48. The lowest BCUT2D eigenvalue weighted by atomic mass is 10.3. The molecule has 0 saturated carbocycles. The smallest absolute Gasteiger partial charge is 0.251 e. The Kier molecular flexibility index (Phi) is 3.74. The molecular weight excluding hydrogens is 246 g/mol. The third-order valence-corrected chi connectivity index (χ3v) is 2.43. The Morgan fingerprint density at radius 2 is 2.21 bits per heavy atom. The Morgan fingerprint density at radius 1 is 1.42 bits per heavy atom. The van der Waals surface area contributed by atoms with E-state index in [-0.39, 0.29) is 6.04 Å². The van der Waals surface area contributed by atoms with E-state index < -0.39 is 0 Å². The maximum absolute atomic E-state index is 5.91. The molecule has 0 fully saturated rings. The van der Waals surface area contributed by atoms with Gasteiger partial charge in [0.05, 0.1) is 7.11 Å². The van der Waals surface area contributed by atoms with Crippen LogP contribution in [0.15, 0.2) is 27.7 Å². The van der Waals surface area contributed by atoms with E-state index in [0.29, 0.717) is 29.1 Å². The van der Waals surface area contributed by atoms with E-state index in [4.69, 9.17) is 15.0 Å². The molecule has 19 heavy (non-hydrogen) atoms. The molecule has 2 heterocycles. The van der Waals surface area contributed by atoms with Crippen molar-refractivity contribution in [3.63, 3.8) is 0 Å². The maximum atomic E-state index is 5.91. The number of methoxy groups -OCH3 is 1. The number of hydrogen-bond acceptors (Lipinski definition) is 6. The molecule has 7 nitrogen and oxygen atoms in total. The number of amidine groups is 1. The van der Waals surface area contributed by atoms with Gasteiger partial charge in [0, 0.05) is 6.07 Å². The van der Waals surface area contributed by atoms with E-state index in [1.54, 1.807) is 32.2 Å². The molecule has 0 spiro atoms. The van der Waals surface area contributed by atoms with Gasteiger partial charge >= 0.3 is 0 Å². The summed E-state index contributed by atoms with van der Waals surface area (Å²) in [4.78, 5) is 12.6. The molecule has 2 rings (SSSR count). The Hall–Kier alpha value is -2.44. The van der Waals surface area contributed by atoms with Crippen molar-refractivity contribution < 1.29 is 9.26 Å². The monoisotopic (exact) mass is 261 g/mol. The van der Waals surface area contributed by atoms with Crippen molar-refractivity contribution in [2.45, 2.75) is 19.9 Å².